The smallest absolute Gasteiger partial charge is 0.256 e. The summed E-state index contributed by atoms with van der Waals surface area (Å²) in [5.74, 6) is 0.697. The number of carbonyl (C=O) groups is 1. The number of rotatable bonds is 5. The van der Waals surface area contributed by atoms with Gasteiger partial charge in [0.15, 0.2) is 0 Å². The highest BCUT2D eigenvalue weighted by atomic mass is 35.5. The van der Waals surface area contributed by atoms with Crippen molar-refractivity contribution >= 4 is 35.0 Å². The van der Waals surface area contributed by atoms with Crippen LogP contribution in [0.15, 0.2) is 77.7 Å². The summed E-state index contributed by atoms with van der Waals surface area (Å²) in [7, 11) is 0. The zero-order valence-corrected chi connectivity index (χ0v) is 15.4. The molecule has 3 aromatic carbocycles. The van der Waals surface area contributed by atoms with E-state index in [1.165, 1.54) is 5.56 Å². The summed E-state index contributed by atoms with van der Waals surface area (Å²) in [6, 6.07) is 23.4. The van der Waals surface area contributed by atoms with Gasteiger partial charge in [-0.15, -0.1) is 11.8 Å². The molecule has 0 saturated heterocycles. The predicted octanol–water partition coefficient (Wildman–Crippen LogP) is 6.19. The molecule has 0 aliphatic rings. The van der Waals surface area contributed by atoms with E-state index in [-0.39, 0.29) is 5.91 Å². The molecule has 25 heavy (non-hydrogen) atoms. The van der Waals surface area contributed by atoms with Crippen molar-refractivity contribution in [2.45, 2.75) is 17.6 Å². The standard InChI is InChI=1S/C21H18ClNOS/c1-15-11-12-17(22)13-19(15)23-21(24)18-9-5-6-10-20(18)25-14-16-7-3-2-4-8-16/h2-13H,14H2,1H3,(H,23,24). The van der Waals surface area contributed by atoms with Crippen LogP contribution >= 0.6 is 23.4 Å². The summed E-state index contributed by atoms with van der Waals surface area (Å²) in [6.45, 7) is 1.95. The van der Waals surface area contributed by atoms with Crippen LogP contribution in [0, 0.1) is 6.92 Å². The van der Waals surface area contributed by atoms with E-state index in [1.54, 1.807) is 17.8 Å². The van der Waals surface area contributed by atoms with Crippen LogP contribution in [0.1, 0.15) is 21.5 Å². The number of anilines is 1. The van der Waals surface area contributed by atoms with Gasteiger partial charge in [-0.3, -0.25) is 4.79 Å². The molecule has 0 atom stereocenters. The van der Waals surface area contributed by atoms with Crippen LogP contribution < -0.4 is 5.32 Å². The fourth-order valence-electron chi connectivity index (χ4n) is 2.43. The number of hydrogen-bond acceptors (Lipinski definition) is 2. The first-order chi connectivity index (χ1) is 12.1. The first-order valence-electron chi connectivity index (χ1n) is 7.97. The second-order valence-corrected chi connectivity index (χ2v) is 7.14. The summed E-state index contributed by atoms with van der Waals surface area (Å²) >= 11 is 7.70. The summed E-state index contributed by atoms with van der Waals surface area (Å²) in [6.07, 6.45) is 0. The minimum absolute atomic E-state index is 0.124. The fraction of sp³-hybridized carbons (Fsp3) is 0.0952. The number of amides is 1. The lowest BCUT2D eigenvalue weighted by atomic mass is 10.1. The molecule has 3 aromatic rings. The van der Waals surface area contributed by atoms with Crippen molar-refractivity contribution in [3.63, 3.8) is 0 Å². The molecular weight excluding hydrogens is 350 g/mol. The monoisotopic (exact) mass is 367 g/mol. The molecule has 1 amide bonds. The second kappa shape index (κ2) is 8.24. The third-order valence-corrected chi connectivity index (χ3v) is 5.20. The zero-order chi connectivity index (χ0) is 17.6. The van der Waals surface area contributed by atoms with Crippen LogP contribution in [0.2, 0.25) is 5.02 Å². The molecule has 0 saturated carbocycles. The molecule has 3 rings (SSSR count). The van der Waals surface area contributed by atoms with Gasteiger partial charge in [-0.2, -0.15) is 0 Å². The number of carbonyl (C=O) groups excluding carboxylic acids is 1. The van der Waals surface area contributed by atoms with Gasteiger partial charge >= 0.3 is 0 Å². The third-order valence-electron chi connectivity index (χ3n) is 3.82. The van der Waals surface area contributed by atoms with Gasteiger partial charge in [0.05, 0.1) is 5.56 Å². The molecule has 2 nitrogen and oxygen atoms in total. The first kappa shape index (κ1) is 17.6. The Morgan fingerprint density at radius 3 is 2.52 bits per heavy atom. The fourth-order valence-corrected chi connectivity index (χ4v) is 3.61. The van der Waals surface area contributed by atoms with E-state index in [4.69, 9.17) is 11.6 Å². The number of thioether (sulfide) groups is 1. The minimum Gasteiger partial charge on any atom is -0.322 e. The van der Waals surface area contributed by atoms with Crippen molar-refractivity contribution in [2.75, 3.05) is 5.32 Å². The molecule has 126 valence electrons. The molecular formula is C21H18ClNOS. The van der Waals surface area contributed by atoms with Crippen LogP contribution in [0.5, 0.6) is 0 Å². The van der Waals surface area contributed by atoms with Crippen molar-refractivity contribution in [3.05, 3.63) is 94.5 Å². The molecule has 0 unspecified atom stereocenters. The maximum atomic E-state index is 12.7. The van der Waals surface area contributed by atoms with Crippen LogP contribution in [0.25, 0.3) is 0 Å². The lowest BCUT2D eigenvalue weighted by Crippen LogP contribution is -2.13. The van der Waals surface area contributed by atoms with Gasteiger partial charge < -0.3 is 5.32 Å². The molecule has 0 bridgehead atoms. The van der Waals surface area contributed by atoms with Crippen LogP contribution in [-0.4, -0.2) is 5.91 Å². The van der Waals surface area contributed by atoms with Gasteiger partial charge in [0.1, 0.15) is 0 Å². The van der Waals surface area contributed by atoms with Gasteiger partial charge in [0.2, 0.25) is 0 Å². The lowest BCUT2D eigenvalue weighted by Gasteiger charge is -2.12. The summed E-state index contributed by atoms with van der Waals surface area (Å²) in [4.78, 5) is 13.7. The number of nitrogens with one attached hydrogen (secondary N) is 1. The van der Waals surface area contributed by atoms with Crippen molar-refractivity contribution < 1.29 is 4.79 Å². The molecule has 0 heterocycles. The van der Waals surface area contributed by atoms with Gasteiger partial charge in [-0.25, -0.2) is 0 Å². The Morgan fingerprint density at radius 1 is 1.00 bits per heavy atom. The Kier molecular flexibility index (Phi) is 5.79. The van der Waals surface area contributed by atoms with Crippen LogP contribution in [-0.2, 0) is 5.75 Å². The van der Waals surface area contributed by atoms with Gasteiger partial charge in [0, 0.05) is 21.4 Å². The zero-order valence-electron chi connectivity index (χ0n) is 13.8. The summed E-state index contributed by atoms with van der Waals surface area (Å²) in [5, 5.41) is 3.57. The van der Waals surface area contributed by atoms with Gasteiger partial charge in [-0.1, -0.05) is 60.1 Å². The topological polar surface area (TPSA) is 29.1 Å². The number of hydrogen-bond donors (Lipinski definition) is 1. The highest BCUT2D eigenvalue weighted by molar-refractivity contribution is 7.98. The quantitative estimate of drug-likeness (QED) is 0.544. The van der Waals surface area contributed by atoms with E-state index in [0.717, 1.165) is 21.9 Å². The van der Waals surface area contributed by atoms with E-state index < -0.39 is 0 Å². The summed E-state index contributed by atoms with van der Waals surface area (Å²) in [5.41, 5.74) is 3.61. The molecule has 0 aromatic heterocycles. The highest BCUT2D eigenvalue weighted by Gasteiger charge is 2.13. The Labute approximate surface area is 157 Å². The second-order valence-electron chi connectivity index (χ2n) is 5.68. The first-order valence-corrected chi connectivity index (χ1v) is 9.33. The van der Waals surface area contributed by atoms with Crippen LogP contribution in [0.4, 0.5) is 5.69 Å². The Morgan fingerprint density at radius 2 is 1.72 bits per heavy atom. The molecule has 4 heteroatoms. The van der Waals surface area contributed by atoms with Crippen molar-refractivity contribution in [2.24, 2.45) is 0 Å². The van der Waals surface area contributed by atoms with Gasteiger partial charge in [-0.05, 0) is 42.3 Å². The van der Waals surface area contributed by atoms with Gasteiger partial charge in [0.25, 0.3) is 5.91 Å². The molecule has 0 aliphatic carbocycles. The molecule has 1 N–H and O–H groups in total. The van der Waals surface area contributed by atoms with E-state index in [2.05, 4.69) is 17.4 Å². The largest absolute Gasteiger partial charge is 0.322 e. The van der Waals surface area contributed by atoms with Crippen molar-refractivity contribution in [1.82, 2.24) is 0 Å². The Balaban J connectivity index is 1.77. The highest BCUT2D eigenvalue weighted by Crippen LogP contribution is 2.28. The van der Waals surface area contributed by atoms with E-state index in [1.807, 2.05) is 61.5 Å². The van der Waals surface area contributed by atoms with Crippen molar-refractivity contribution in [3.8, 4) is 0 Å². The summed E-state index contributed by atoms with van der Waals surface area (Å²) < 4.78 is 0. The average Bonchev–Trinajstić information content (AvgIpc) is 2.64. The maximum absolute atomic E-state index is 12.7. The number of benzene rings is 3. The SMILES string of the molecule is Cc1ccc(Cl)cc1NC(=O)c1ccccc1SCc1ccccc1. The maximum Gasteiger partial charge on any atom is 0.256 e. The predicted molar refractivity (Wildman–Crippen MR) is 107 cm³/mol. The lowest BCUT2D eigenvalue weighted by molar-refractivity contribution is 0.102. The van der Waals surface area contributed by atoms with E-state index in [0.29, 0.717) is 10.6 Å². The molecule has 0 fully saturated rings. The van der Waals surface area contributed by atoms with E-state index in [9.17, 15) is 4.79 Å². The average molecular weight is 368 g/mol. The normalized spacial score (nSPS) is 10.5. The van der Waals surface area contributed by atoms with Crippen molar-refractivity contribution in [1.29, 1.82) is 0 Å². The molecule has 0 spiro atoms. The number of aryl methyl sites for hydroxylation is 1. The third kappa shape index (κ3) is 4.65. The molecule has 0 aliphatic heterocycles. The van der Waals surface area contributed by atoms with Crippen LogP contribution in [0.3, 0.4) is 0 Å². The molecule has 0 radical (unpaired) electrons. The van der Waals surface area contributed by atoms with E-state index >= 15 is 0 Å². The Hall–Kier alpha value is -2.23. The number of halogens is 1. The Bertz CT molecular complexity index is 880. The minimum atomic E-state index is -0.124.